The zero-order chi connectivity index (χ0) is 13.2. The van der Waals surface area contributed by atoms with Crippen molar-refractivity contribution in [2.75, 3.05) is 6.54 Å². The Morgan fingerprint density at radius 3 is 2.95 bits per heavy atom. The summed E-state index contributed by atoms with van der Waals surface area (Å²) in [4.78, 5) is 13.0. The minimum absolute atomic E-state index is 0.517. The molecule has 0 bridgehead atoms. The number of nitrogens with two attached hydrogens (primary N) is 1. The molecule has 0 aliphatic rings. The molecule has 0 aliphatic heterocycles. The molecule has 3 aromatic heterocycles. The van der Waals surface area contributed by atoms with Gasteiger partial charge in [-0.15, -0.1) is 0 Å². The normalized spacial score (nSPS) is 11.1. The molecule has 0 atom stereocenters. The maximum atomic E-state index is 5.95. The number of aromatic nitrogens is 4. The molecular formula is C13H12ClN5. The Balaban J connectivity index is 2.26. The van der Waals surface area contributed by atoms with Crippen LogP contribution in [0.4, 0.5) is 0 Å². The van der Waals surface area contributed by atoms with Crippen LogP contribution in [0.5, 0.6) is 0 Å². The van der Waals surface area contributed by atoms with Gasteiger partial charge in [-0.25, -0.2) is 9.97 Å². The van der Waals surface area contributed by atoms with Crippen LogP contribution in [0.15, 0.2) is 36.8 Å². The van der Waals surface area contributed by atoms with Crippen LogP contribution < -0.4 is 5.73 Å². The molecule has 96 valence electrons. The lowest BCUT2D eigenvalue weighted by Crippen LogP contribution is -2.11. The Kier molecular flexibility index (Phi) is 3.15. The van der Waals surface area contributed by atoms with Crippen molar-refractivity contribution in [3.8, 4) is 11.4 Å². The van der Waals surface area contributed by atoms with Gasteiger partial charge in [-0.1, -0.05) is 11.6 Å². The summed E-state index contributed by atoms with van der Waals surface area (Å²) >= 11 is 5.95. The number of fused-ring (bicyclic) bond motifs is 1. The standard InChI is InChI=1S/C13H12ClN5/c14-10-6-11-13(17-8-10)19(5-3-15)12(18-11)9-2-1-4-16-7-9/h1-2,4,6-8H,3,5,15H2. The van der Waals surface area contributed by atoms with Gasteiger partial charge in [-0.2, -0.15) is 0 Å². The Hall–Kier alpha value is -1.98. The number of halogens is 1. The van der Waals surface area contributed by atoms with E-state index in [9.17, 15) is 0 Å². The summed E-state index contributed by atoms with van der Waals surface area (Å²) in [6.07, 6.45) is 5.12. The van der Waals surface area contributed by atoms with Gasteiger partial charge in [-0.05, 0) is 18.2 Å². The van der Waals surface area contributed by atoms with Crippen molar-refractivity contribution >= 4 is 22.8 Å². The van der Waals surface area contributed by atoms with Gasteiger partial charge in [0.1, 0.15) is 11.3 Å². The third kappa shape index (κ3) is 2.18. The smallest absolute Gasteiger partial charge is 0.160 e. The summed E-state index contributed by atoms with van der Waals surface area (Å²) in [7, 11) is 0. The highest BCUT2D eigenvalue weighted by Crippen LogP contribution is 2.24. The van der Waals surface area contributed by atoms with Crippen molar-refractivity contribution in [2.45, 2.75) is 6.54 Å². The third-order valence-corrected chi connectivity index (χ3v) is 3.03. The summed E-state index contributed by atoms with van der Waals surface area (Å²) in [6.45, 7) is 1.17. The zero-order valence-electron chi connectivity index (χ0n) is 10.1. The summed E-state index contributed by atoms with van der Waals surface area (Å²) in [6, 6.07) is 5.64. The van der Waals surface area contributed by atoms with Gasteiger partial charge in [0.25, 0.3) is 0 Å². The minimum atomic E-state index is 0.517. The van der Waals surface area contributed by atoms with E-state index in [1.165, 1.54) is 0 Å². The Morgan fingerprint density at radius 1 is 1.32 bits per heavy atom. The van der Waals surface area contributed by atoms with E-state index in [0.29, 0.717) is 18.1 Å². The number of nitrogens with zero attached hydrogens (tertiary/aromatic N) is 4. The molecule has 6 heteroatoms. The zero-order valence-corrected chi connectivity index (χ0v) is 10.9. The lowest BCUT2D eigenvalue weighted by molar-refractivity contribution is 0.729. The van der Waals surface area contributed by atoms with Crippen LogP contribution in [0.3, 0.4) is 0 Å². The quantitative estimate of drug-likeness (QED) is 0.793. The number of pyridine rings is 2. The fourth-order valence-electron chi connectivity index (χ4n) is 2.04. The fourth-order valence-corrected chi connectivity index (χ4v) is 2.19. The SMILES string of the molecule is NCCn1c(-c2cccnc2)nc2cc(Cl)cnc21. The molecule has 19 heavy (non-hydrogen) atoms. The second-order valence-electron chi connectivity index (χ2n) is 4.11. The highest BCUT2D eigenvalue weighted by molar-refractivity contribution is 6.31. The second kappa shape index (κ2) is 4.95. The van der Waals surface area contributed by atoms with Crippen molar-refractivity contribution < 1.29 is 0 Å². The predicted molar refractivity (Wildman–Crippen MR) is 74.8 cm³/mol. The predicted octanol–water partition coefficient (Wildman–Crippen LogP) is 2.11. The molecule has 0 radical (unpaired) electrons. The van der Waals surface area contributed by atoms with Crippen molar-refractivity contribution in [3.05, 3.63) is 41.8 Å². The van der Waals surface area contributed by atoms with Gasteiger partial charge in [0.2, 0.25) is 0 Å². The molecule has 3 aromatic rings. The molecule has 0 spiro atoms. The molecule has 5 nitrogen and oxygen atoms in total. The van der Waals surface area contributed by atoms with E-state index in [4.69, 9.17) is 17.3 Å². The summed E-state index contributed by atoms with van der Waals surface area (Å²) in [5.74, 6) is 0.809. The number of hydrogen-bond donors (Lipinski definition) is 1. The molecule has 0 saturated carbocycles. The molecule has 0 amide bonds. The van der Waals surface area contributed by atoms with Gasteiger partial charge in [0.15, 0.2) is 5.65 Å². The lowest BCUT2D eigenvalue weighted by Gasteiger charge is -2.06. The molecule has 3 heterocycles. The molecule has 2 N–H and O–H groups in total. The first-order valence-electron chi connectivity index (χ1n) is 5.92. The number of rotatable bonds is 3. The summed E-state index contributed by atoms with van der Waals surface area (Å²) in [5, 5.41) is 0.572. The first-order chi connectivity index (χ1) is 9.29. The highest BCUT2D eigenvalue weighted by atomic mass is 35.5. The van der Waals surface area contributed by atoms with E-state index in [1.54, 1.807) is 24.7 Å². The van der Waals surface area contributed by atoms with Crippen molar-refractivity contribution in [1.82, 2.24) is 19.5 Å². The van der Waals surface area contributed by atoms with Crippen molar-refractivity contribution in [3.63, 3.8) is 0 Å². The summed E-state index contributed by atoms with van der Waals surface area (Å²) < 4.78 is 1.99. The lowest BCUT2D eigenvalue weighted by atomic mass is 10.3. The number of imidazole rings is 1. The average Bonchev–Trinajstić information content (AvgIpc) is 2.78. The van der Waals surface area contributed by atoms with Crippen molar-refractivity contribution in [1.29, 1.82) is 0 Å². The third-order valence-electron chi connectivity index (χ3n) is 2.82. The van der Waals surface area contributed by atoms with E-state index in [0.717, 1.165) is 22.6 Å². The van der Waals surface area contributed by atoms with Crippen LogP contribution in [0, 0.1) is 0 Å². The Morgan fingerprint density at radius 2 is 2.21 bits per heavy atom. The Labute approximate surface area is 115 Å². The second-order valence-corrected chi connectivity index (χ2v) is 4.55. The van der Waals surface area contributed by atoms with Crippen LogP contribution in [0.2, 0.25) is 5.02 Å². The Bertz CT molecular complexity index is 708. The molecule has 3 rings (SSSR count). The van der Waals surface area contributed by atoms with Gasteiger partial charge in [-0.3, -0.25) is 4.98 Å². The molecule has 0 fully saturated rings. The van der Waals surface area contributed by atoms with Gasteiger partial charge < -0.3 is 10.3 Å². The molecule has 0 unspecified atom stereocenters. The first-order valence-corrected chi connectivity index (χ1v) is 6.29. The van der Waals surface area contributed by atoms with E-state index < -0.39 is 0 Å². The van der Waals surface area contributed by atoms with Crippen molar-refractivity contribution in [2.24, 2.45) is 5.73 Å². The van der Waals surface area contributed by atoms with E-state index in [1.807, 2.05) is 16.7 Å². The molecule has 0 aromatic carbocycles. The first kappa shape index (κ1) is 12.1. The molecule has 0 saturated heterocycles. The topological polar surface area (TPSA) is 69.6 Å². The van der Waals surface area contributed by atoms with Crippen LogP contribution in [0.1, 0.15) is 0 Å². The van der Waals surface area contributed by atoms with E-state index >= 15 is 0 Å². The molecular weight excluding hydrogens is 262 g/mol. The van der Waals surface area contributed by atoms with Gasteiger partial charge >= 0.3 is 0 Å². The highest BCUT2D eigenvalue weighted by Gasteiger charge is 2.13. The maximum Gasteiger partial charge on any atom is 0.160 e. The van der Waals surface area contributed by atoms with Crippen LogP contribution in [0.25, 0.3) is 22.6 Å². The number of hydrogen-bond acceptors (Lipinski definition) is 4. The van der Waals surface area contributed by atoms with Crippen LogP contribution in [-0.2, 0) is 6.54 Å². The minimum Gasteiger partial charge on any atom is -0.329 e. The summed E-state index contributed by atoms with van der Waals surface area (Å²) in [5.41, 5.74) is 8.15. The van der Waals surface area contributed by atoms with Crippen LogP contribution in [-0.4, -0.2) is 26.1 Å². The van der Waals surface area contributed by atoms with E-state index in [2.05, 4.69) is 15.0 Å². The largest absolute Gasteiger partial charge is 0.329 e. The fraction of sp³-hybridized carbons (Fsp3) is 0.154. The maximum absolute atomic E-state index is 5.95. The van der Waals surface area contributed by atoms with E-state index in [-0.39, 0.29) is 0 Å². The van der Waals surface area contributed by atoms with Gasteiger partial charge in [0.05, 0.1) is 5.02 Å². The monoisotopic (exact) mass is 273 g/mol. The molecule has 0 aliphatic carbocycles. The average molecular weight is 274 g/mol. The van der Waals surface area contributed by atoms with Gasteiger partial charge in [0, 0.05) is 37.2 Å². The van der Waals surface area contributed by atoms with Crippen LogP contribution >= 0.6 is 11.6 Å².